The van der Waals surface area contributed by atoms with Crippen LogP contribution in [0.25, 0.3) is 0 Å². The first-order chi connectivity index (χ1) is 10.6. The van der Waals surface area contributed by atoms with Crippen molar-refractivity contribution < 1.29 is 23.1 Å². The maximum Gasteiger partial charge on any atom is 0.387 e. The number of carbonyl (C=O) groups excluding carboxylic acids is 2. The molecule has 0 unspecified atom stereocenters. The van der Waals surface area contributed by atoms with Crippen molar-refractivity contribution in [3.8, 4) is 5.75 Å². The quantitative estimate of drug-likeness (QED) is 0.874. The topological polar surface area (TPSA) is 58.6 Å². The number of para-hydroxylation sites is 1. The Morgan fingerprint density at radius 1 is 1.23 bits per heavy atom. The van der Waals surface area contributed by atoms with Crippen LogP contribution in [0.1, 0.15) is 29.6 Å². The summed E-state index contributed by atoms with van der Waals surface area (Å²) in [4.78, 5) is 25.6. The smallest absolute Gasteiger partial charge is 0.387 e. The maximum absolute atomic E-state index is 12.3. The molecular weight excluding hydrogens is 294 g/mol. The van der Waals surface area contributed by atoms with E-state index in [0.29, 0.717) is 0 Å². The van der Waals surface area contributed by atoms with Gasteiger partial charge in [-0.15, -0.1) is 0 Å². The molecule has 0 aliphatic carbocycles. The Kier molecular flexibility index (Phi) is 5.68. The molecule has 0 saturated carbocycles. The monoisotopic (exact) mass is 312 g/mol. The van der Waals surface area contributed by atoms with E-state index in [9.17, 15) is 18.4 Å². The summed E-state index contributed by atoms with van der Waals surface area (Å²) < 4.78 is 28.9. The fourth-order valence-electron chi connectivity index (χ4n) is 2.36. The van der Waals surface area contributed by atoms with E-state index in [4.69, 9.17) is 0 Å². The van der Waals surface area contributed by atoms with Crippen LogP contribution in [-0.4, -0.2) is 43.0 Å². The van der Waals surface area contributed by atoms with Crippen LogP contribution in [0.4, 0.5) is 8.78 Å². The minimum atomic E-state index is -2.99. The maximum atomic E-state index is 12.3. The van der Waals surface area contributed by atoms with Gasteiger partial charge in [-0.2, -0.15) is 8.78 Å². The average molecular weight is 312 g/mol. The summed E-state index contributed by atoms with van der Waals surface area (Å²) >= 11 is 0. The van der Waals surface area contributed by atoms with Crippen molar-refractivity contribution in [2.75, 3.05) is 19.6 Å². The fraction of sp³-hybridized carbons (Fsp3) is 0.467. The molecule has 0 atom stereocenters. The molecule has 1 aliphatic rings. The van der Waals surface area contributed by atoms with Gasteiger partial charge in [-0.05, 0) is 25.0 Å². The third kappa shape index (κ3) is 4.41. The van der Waals surface area contributed by atoms with Crippen molar-refractivity contribution >= 4 is 11.8 Å². The van der Waals surface area contributed by atoms with Crippen LogP contribution >= 0.6 is 0 Å². The Hall–Kier alpha value is -2.18. The van der Waals surface area contributed by atoms with Crippen molar-refractivity contribution in [1.29, 1.82) is 0 Å². The first kappa shape index (κ1) is 16.2. The number of hydrogen-bond acceptors (Lipinski definition) is 3. The van der Waals surface area contributed by atoms with Crippen LogP contribution in [0.15, 0.2) is 24.3 Å². The molecule has 0 radical (unpaired) electrons. The van der Waals surface area contributed by atoms with Gasteiger partial charge in [-0.3, -0.25) is 9.59 Å². The lowest BCUT2D eigenvalue weighted by molar-refractivity contribution is -0.129. The largest absolute Gasteiger partial charge is 0.434 e. The number of amides is 2. The number of halogens is 2. The molecule has 1 heterocycles. The summed E-state index contributed by atoms with van der Waals surface area (Å²) in [6.07, 6.45) is 2.22. The molecule has 1 aliphatic heterocycles. The lowest BCUT2D eigenvalue weighted by atomic mass is 10.2. The highest BCUT2D eigenvalue weighted by atomic mass is 19.3. The van der Waals surface area contributed by atoms with Crippen LogP contribution in [0.2, 0.25) is 0 Å². The van der Waals surface area contributed by atoms with Gasteiger partial charge in [0.1, 0.15) is 5.75 Å². The fourth-order valence-corrected chi connectivity index (χ4v) is 2.36. The molecule has 1 saturated heterocycles. The van der Waals surface area contributed by atoms with Crippen molar-refractivity contribution in [2.45, 2.75) is 25.9 Å². The van der Waals surface area contributed by atoms with E-state index in [2.05, 4.69) is 10.1 Å². The molecule has 2 rings (SSSR count). The predicted molar refractivity (Wildman–Crippen MR) is 75.8 cm³/mol. The summed E-state index contributed by atoms with van der Waals surface area (Å²) in [5, 5.41) is 2.56. The summed E-state index contributed by atoms with van der Waals surface area (Å²) in [6.45, 7) is -1.31. The van der Waals surface area contributed by atoms with Crippen molar-refractivity contribution in [3.05, 3.63) is 29.8 Å². The number of nitrogens with one attached hydrogen (secondary N) is 1. The number of likely N-dealkylation sites (tertiary alicyclic amines) is 1. The Morgan fingerprint density at radius 2 is 1.91 bits per heavy atom. The molecule has 2 amide bonds. The number of benzene rings is 1. The third-order valence-corrected chi connectivity index (χ3v) is 3.43. The van der Waals surface area contributed by atoms with E-state index in [1.165, 1.54) is 18.2 Å². The van der Waals surface area contributed by atoms with Crippen molar-refractivity contribution in [1.82, 2.24) is 10.2 Å². The van der Waals surface area contributed by atoms with Gasteiger partial charge in [-0.25, -0.2) is 0 Å². The zero-order chi connectivity index (χ0) is 15.9. The zero-order valence-electron chi connectivity index (χ0n) is 12.1. The normalized spacial score (nSPS) is 14.2. The number of carbonyl (C=O) groups is 2. The second-order valence-electron chi connectivity index (χ2n) is 4.97. The molecular formula is C15H18F2N2O3. The van der Waals surface area contributed by atoms with Crippen LogP contribution in [-0.2, 0) is 4.79 Å². The van der Waals surface area contributed by atoms with E-state index >= 15 is 0 Å². The number of ether oxygens (including phenoxy) is 1. The van der Waals surface area contributed by atoms with Gasteiger partial charge in [0.25, 0.3) is 5.91 Å². The molecule has 120 valence electrons. The molecule has 1 aromatic rings. The van der Waals surface area contributed by atoms with Gasteiger partial charge in [0.05, 0.1) is 5.56 Å². The highest BCUT2D eigenvalue weighted by molar-refractivity contribution is 5.97. The molecule has 1 aromatic carbocycles. The predicted octanol–water partition coefficient (Wildman–Crippen LogP) is 2.03. The van der Waals surface area contributed by atoms with Crippen LogP contribution < -0.4 is 10.1 Å². The molecule has 0 spiro atoms. The minimum absolute atomic E-state index is 0.00471. The van der Waals surface area contributed by atoms with E-state index in [0.717, 1.165) is 25.9 Å². The van der Waals surface area contributed by atoms with Crippen LogP contribution in [0.3, 0.4) is 0 Å². The second kappa shape index (κ2) is 7.72. The first-order valence-corrected chi connectivity index (χ1v) is 7.18. The number of rotatable bonds is 6. The SMILES string of the molecule is O=C(NCCC(=O)N1CCCC1)c1ccccc1OC(F)F. The first-order valence-electron chi connectivity index (χ1n) is 7.18. The lowest BCUT2D eigenvalue weighted by Crippen LogP contribution is -2.32. The molecule has 0 bridgehead atoms. The highest BCUT2D eigenvalue weighted by Gasteiger charge is 2.18. The van der Waals surface area contributed by atoms with Gasteiger partial charge < -0.3 is 15.0 Å². The zero-order valence-corrected chi connectivity index (χ0v) is 12.1. The number of nitrogens with zero attached hydrogens (tertiary/aromatic N) is 1. The number of alkyl halides is 2. The molecule has 1 fully saturated rings. The van der Waals surface area contributed by atoms with E-state index < -0.39 is 12.5 Å². The van der Waals surface area contributed by atoms with Crippen molar-refractivity contribution in [3.63, 3.8) is 0 Å². The summed E-state index contributed by atoms with van der Waals surface area (Å²) in [7, 11) is 0. The minimum Gasteiger partial charge on any atom is -0.434 e. The lowest BCUT2D eigenvalue weighted by Gasteiger charge is -2.15. The highest BCUT2D eigenvalue weighted by Crippen LogP contribution is 2.20. The Morgan fingerprint density at radius 3 is 2.59 bits per heavy atom. The van der Waals surface area contributed by atoms with E-state index in [1.54, 1.807) is 11.0 Å². The van der Waals surface area contributed by atoms with Gasteiger partial charge in [-0.1, -0.05) is 12.1 Å². The Labute approximate surface area is 127 Å². The van der Waals surface area contributed by atoms with Crippen LogP contribution in [0, 0.1) is 0 Å². The summed E-state index contributed by atoms with van der Waals surface area (Å²) in [5.74, 6) is -0.721. The average Bonchev–Trinajstić information content (AvgIpc) is 3.01. The summed E-state index contributed by atoms with van der Waals surface area (Å²) in [6, 6.07) is 5.76. The molecule has 5 nitrogen and oxygen atoms in total. The molecule has 1 N–H and O–H groups in total. The Bertz CT molecular complexity index is 531. The standard InChI is InChI=1S/C15H18F2N2O3/c16-15(17)22-12-6-2-1-5-11(12)14(21)18-8-7-13(20)19-9-3-4-10-19/h1-2,5-6,15H,3-4,7-10H2,(H,18,21). The molecule has 0 aromatic heterocycles. The van der Waals surface area contributed by atoms with E-state index in [1.807, 2.05) is 0 Å². The Balaban J connectivity index is 1.85. The van der Waals surface area contributed by atoms with Gasteiger partial charge >= 0.3 is 6.61 Å². The number of hydrogen-bond donors (Lipinski definition) is 1. The van der Waals surface area contributed by atoms with Gasteiger partial charge in [0, 0.05) is 26.1 Å². The third-order valence-electron chi connectivity index (χ3n) is 3.43. The summed E-state index contributed by atoms with van der Waals surface area (Å²) in [5.41, 5.74) is 0.0245. The second-order valence-corrected chi connectivity index (χ2v) is 4.97. The van der Waals surface area contributed by atoms with Crippen LogP contribution in [0.5, 0.6) is 5.75 Å². The van der Waals surface area contributed by atoms with Gasteiger partial charge in [0.2, 0.25) is 5.91 Å². The van der Waals surface area contributed by atoms with Crippen molar-refractivity contribution in [2.24, 2.45) is 0 Å². The van der Waals surface area contributed by atoms with Gasteiger partial charge in [0.15, 0.2) is 0 Å². The molecule has 22 heavy (non-hydrogen) atoms. The molecule has 7 heteroatoms. The van der Waals surface area contributed by atoms with E-state index in [-0.39, 0.29) is 30.2 Å².